The van der Waals surface area contributed by atoms with Gasteiger partial charge in [0.25, 0.3) is 5.91 Å². The zero-order valence-corrected chi connectivity index (χ0v) is 16.4. The number of hydrogen-bond acceptors (Lipinski definition) is 6. The van der Waals surface area contributed by atoms with Crippen molar-refractivity contribution < 1.29 is 13.9 Å². The van der Waals surface area contributed by atoms with E-state index < -0.39 is 11.9 Å². The van der Waals surface area contributed by atoms with Crippen LogP contribution in [-0.4, -0.2) is 22.5 Å². The molecule has 0 N–H and O–H groups in total. The van der Waals surface area contributed by atoms with Gasteiger partial charge in [0.15, 0.2) is 5.43 Å². The molecular weight excluding hydrogens is 394 g/mol. The Bertz CT molecular complexity index is 1360. The van der Waals surface area contributed by atoms with Crippen LogP contribution in [0.4, 0.5) is 5.95 Å². The molecule has 1 amide bonds. The predicted octanol–water partition coefficient (Wildman–Crippen LogP) is 3.90. The van der Waals surface area contributed by atoms with Crippen molar-refractivity contribution in [2.45, 2.75) is 6.04 Å². The number of amides is 1. The van der Waals surface area contributed by atoms with Crippen molar-refractivity contribution in [2.24, 2.45) is 0 Å². The second kappa shape index (κ2) is 7.53. The fourth-order valence-corrected chi connectivity index (χ4v) is 3.79. The monoisotopic (exact) mass is 411 g/mol. The van der Waals surface area contributed by atoms with Gasteiger partial charge in [-0.25, -0.2) is 9.97 Å². The van der Waals surface area contributed by atoms with E-state index in [0.717, 1.165) is 0 Å². The van der Waals surface area contributed by atoms with Crippen molar-refractivity contribution in [1.29, 1.82) is 0 Å². The first-order valence-corrected chi connectivity index (χ1v) is 9.69. The van der Waals surface area contributed by atoms with E-state index in [9.17, 15) is 9.59 Å². The van der Waals surface area contributed by atoms with Gasteiger partial charge in [0.2, 0.25) is 11.7 Å². The van der Waals surface area contributed by atoms with Crippen LogP contribution >= 0.6 is 0 Å². The van der Waals surface area contributed by atoms with Crippen LogP contribution in [0.15, 0.2) is 88.9 Å². The largest absolute Gasteiger partial charge is 0.490 e. The summed E-state index contributed by atoms with van der Waals surface area (Å²) < 4.78 is 11.6. The molecule has 1 atom stereocenters. The summed E-state index contributed by atoms with van der Waals surface area (Å²) in [7, 11) is 0. The topological polar surface area (TPSA) is 85.5 Å². The van der Waals surface area contributed by atoms with Crippen molar-refractivity contribution in [3.05, 3.63) is 107 Å². The van der Waals surface area contributed by atoms with Gasteiger partial charge in [-0.2, -0.15) is 0 Å². The van der Waals surface area contributed by atoms with Crippen molar-refractivity contribution >= 4 is 22.8 Å². The van der Waals surface area contributed by atoms with Crippen molar-refractivity contribution in [2.75, 3.05) is 11.5 Å². The number of carbonyl (C=O) groups excluding carboxylic acids is 1. The SMILES string of the molecule is C=CCOc1cccc(C2c3c(oc4ccccc4c3=O)C(=O)N2c2ncccn2)c1. The first-order valence-electron chi connectivity index (χ1n) is 9.69. The van der Waals surface area contributed by atoms with Crippen LogP contribution in [0.2, 0.25) is 0 Å². The number of rotatable bonds is 5. The molecule has 2 aromatic heterocycles. The summed E-state index contributed by atoms with van der Waals surface area (Å²) >= 11 is 0. The fourth-order valence-electron chi connectivity index (χ4n) is 3.79. The Kier molecular flexibility index (Phi) is 4.55. The standard InChI is InChI=1S/C24H17N3O4/c1-2-13-30-16-8-5-7-15(14-16)20-19-21(28)17-9-3-4-10-18(17)31-22(19)23(29)27(20)24-25-11-6-12-26-24/h2-12,14,20H,1,13H2. The molecule has 0 radical (unpaired) electrons. The molecule has 1 aliphatic heterocycles. The maximum Gasteiger partial charge on any atom is 0.297 e. The molecule has 152 valence electrons. The first-order chi connectivity index (χ1) is 15.2. The molecule has 0 aliphatic carbocycles. The van der Waals surface area contributed by atoms with E-state index in [0.29, 0.717) is 28.9 Å². The predicted molar refractivity (Wildman–Crippen MR) is 115 cm³/mol. The van der Waals surface area contributed by atoms with Crippen LogP contribution in [0.3, 0.4) is 0 Å². The summed E-state index contributed by atoms with van der Waals surface area (Å²) in [6.07, 6.45) is 4.74. The van der Waals surface area contributed by atoms with Crippen LogP contribution in [0.1, 0.15) is 27.7 Å². The Labute approximate surface area is 177 Å². The second-order valence-electron chi connectivity index (χ2n) is 6.97. The Morgan fingerprint density at radius 1 is 1.06 bits per heavy atom. The summed E-state index contributed by atoms with van der Waals surface area (Å²) in [4.78, 5) is 36.7. The van der Waals surface area contributed by atoms with E-state index in [2.05, 4.69) is 16.5 Å². The zero-order chi connectivity index (χ0) is 21.4. The smallest absolute Gasteiger partial charge is 0.297 e. The van der Waals surface area contributed by atoms with E-state index in [-0.39, 0.29) is 22.7 Å². The number of fused-ring (bicyclic) bond motifs is 2. The lowest BCUT2D eigenvalue weighted by atomic mass is 9.98. The van der Waals surface area contributed by atoms with Gasteiger partial charge in [-0.1, -0.05) is 36.9 Å². The van der Waals surface area contributed by atoms with Gasteiger partial charge in [0.05, 0.1) is 17.0 Å². The van der Waals surface area contributed by atoms with Gasteiger partial charge in [-0.05, 0) is 35.9 Å². The Balaban J connectivity index is 1.76. The van der Waals surface area contributed by atoms with Gasteiger partial charge >= 0.3 is 0 Å². The van der Waals surface area contributed by atoms with Crippen LogP contribution in [-0.2, 0) is 0 Å². The van der Waals surface area contributed by atoms with Crippen LogP contribution in [0, 0.1) is 0 Å². The fraction of sp³-hybridized carbons (Fsp3) is 0.0833. The molecule has 0 saturated carbocycles. The number of nitrogens with zero attached hydrogens (tertiary/aromatic N) is 3. The second-order valence-corrected chi connectivity index (χ2v) is 6.97. The normalized spacial score (nSPS) is 15.2. The molecule has 0 bridgehead atoms. The van der Waals surface area contributed by atoms with Crippen molar-refractivity contribution in [1.82, 2.24) is 9.97 Å². The minimum atomic E-state index is -0.752. The van der Waals surface area contributed by atoms with Crippen molar-refractivity contribution in [3.8, 4) is 5.75 Å². The van der Waals surface area contributed by atoms with E-state index in [1.165, 1.54) is 4.90 Å². The van der Waals surface area contributed by atoms with E-state index in [4.69, 9.17) is 9.15 Å². The summed E-state index contributed by atoms with van der Waals surface area (Å²) in [6.45, 7) is 3.99. The lowest BCUT2D eigenvalue weighted by molar-refractivity contribution is 0.0969. The highest BCUT2D eigenvalue weighted by molar-refractivity contribution is 6.09. The molecule has 0 spiro atoms. The Hall–Kier alpha value is -4.26. The molecule has 5 rings (SSSR count). The van der Waals surface area contributed by atoms with E-state index in [1.807, 2.05) is 12.1 Å². The molecule has 7 nitrogen and oxygen atoms in total. The molecule has 1 unspecified atom stereocenters. The van der Waals surface area contributed by atoms with Crippen molar-refractivity contribution in [3.63, 3.8) is 0 Å². The van der Waals surface area contributed by atoms with Gasteiger partial charge in [-0.15, -0.1) is 0 Å². The molecule has 0 fully saturated rings. The number of benzene rings is 2. The lowest BCUT2D eigenvalue weighted by Gasteiger charge is -2.23. The maximum absolute atomic E-state index is 13.5. The Morgan fingerprint density at radius 3 is 2.68 bits per heavy atom. The molecule has 7 heteroatoms. The average molecular weight is 411 g/mol. The first kappa shape index (κ1) is 18.7. The highest BCUT2D eigenvalue weighted by Gasteiger charge is 2.45. The Morgan fingerprint density at radius 2 is 1.87 bits per heavy atom. The van der Waals surface area contributed by atoms with Gasteiger partial charge in [-0.3, -0.25) is 14.5 Å². The van der Waals surface area contributed by atoms with Crippen LogP contribution in [0.5, 0.6) is 5.75 Å². The molecule has 3 heterocycles. The zero-order valence-electron chi connectivity index (χ0n) is 16.4. The van der Waals surface area contributed by atoms with Crippen LogP contribution < -0.4 is 15.1 Å². The minimum Gasteiger partial charge on any atom is -0.490 e. The number of ether oxygens (including phenoxy) is 1. The van der Waals surface area contributed by atoms with Gasteiger partial charge in [0.1, 0.15) is 17.9 Å². The van der Waals surface area contributed by atoms with Crippen LogP contribution in [0.25, 0.3) is 11.0 Å². The summed E-state index contributed by atoms with van der Waals surface area (Å²) in [6, 6.07) is 15.0. The molecular formula is C24H17N3O4. The summed E-state index contributed by atoms with van der Waals surface area (Å²) in [5.41, 5.74) is 1.05. The number of anilines is 1. The third-order valence-corrected chi connectivity index (χ3v) is 5.09. The molecule has 0 saturated heterocycles. The lowest BCUT2D eigenvalue weighted by Crippen LogP contribution is -2.31. The highest BCUT2D eigenvalue weighted by Crippen LogP contribution is 2.40. The van der Waals surface area contributed by atoms with Gasteiger partial charge in [0, 0.05) is 12.4 Å². The maximum atomic E-state index is 13.5. The highest BCUT2D eigenvalue weighted by atomic mass is 16.5. The molecule has 31 heavy (non-hydrogen) atoms. The third kappa shape index (κ3) is 3.07. The number of carbonyl (C=O) groups is 1. The third-order valence-electron chi connectivity index (χ3n) is 5.09. The summed E-state index contributed by atoms with van der Waals surface area (Å²) in [5.74, 6) is 0.312. The molecule has 4 aromatic rings. The average Bonchev–Trinajstić information content (AvgIpc) is 3.11. The number of aromatic nitrogens is 2. The van der Waals surface area contributed by atoms with E-state index >= 15 is 0 Å². The quantitative estimate of drug-likeness (QED) is 0.463. The number of para-hydroxylation sites is 1. The number of hydrogen-bond donors (Lipinski definition) is 0. The van der Waals surface area contributed by atoms with Gasteiger partial charge < -0.3 is 9.15 Å². The molecule has 1 aliphatic rings. The summed E-state index contributed by atoms with van der Waals surface area (Å²) in [5, 5.41) is 0.411. The minimum absolute atomic E-state index is 0.00133. The molecule has 2 aromatic carbocycles. The van der Waals surface area contributed by atoms with E-state index in [1.54, 1.807) is 60.9 Å².